The standard InChI is InChI=1S/C11H13BrN4O/c1-2-3-16-9-7(12)4-6(10(13)17)5-8(9)15-11(16)14/h4-5H,2-3H2,1H3,(H2,13,17)(H2,14,15). The molecule has 0 atom stereocenters. The number of aryl methyl sites for hydroxylation is 1. The summed E-state index contributed by atoms with van der Waals surface area (Å²) in [6.07, 6.45) is 0.958. The van der Waals surface area contributed by atoms with E-state index in [0.717, 1.165) is 23.0 Å². The second kappa shape index (κ2) is 4.37. The van der Waals surface area contributed by atoms with Crippen LogP contribution in [0.4, 0.5) is 5.95 Å². The normalized spacial score (nSPS) is 10.9. The summed E-state index contributed by atoms with van der Waals surface area (Å²) < 4.78 is 2.70. The molecule has 2 aromatic rings. The number of fused-ring (bicyclic) bond motifs is 1. The lowest BCUT2D eigenvalue weighted by Crippen LogP contribution is -2.10. The molecule has 1 aromatic heterocycles. The van der Waals surface area contributed by atoms with Gasteiger partial charge in [0, 0.05) is 16.6 Å². The number of amides is 1. The van der Waals surface area contributed by atoms with Crippen molar-refractivity contribution in [3.8, 4) is 0 Å². The minimum Gasteiger partial charge on any atom is -0.369 e. The fourth-order valence-electron chi connectivity index (χ4n) is 1.83. The number of rotatable bonds is 3. The zero-order valence-corrected chi connectivity index (χ0v) is 11.0. The summed E-state index contributed by atoms with van der Waals surface area (Å²) in [4.78, 5) is 15.4. The van der Waals surface area contributed by atoms with Crippen LogP contribution in [0.25, 0.3) is 11.0 Å². The number of nitrogens with zero attached hydrogens (tertiary/aromatic N) is 2. The molecule has 1 amide bonds. The summed E-state index contributed by atoms with van der Waals surface area (Å²) in [5.41, 5.74) is 13.1. The first-order valence-electron chi connectivity index (χ1n) is 5.29. The van der Waals surface area contributed by atoms with Crippen LogP contribution in [0.15, 0.2) is 16.6 Å². The van der Waals surface area contributed by atoms with Gasteiger partial charge in [-0.05, 0) is 34.5 Å². The van der Waals surface area contributed by atoms with E-state index in [0.29, 0.717) is 17.0 Å². The number of imidazole rings is 1. The topological polar surface area (TPSA) is 86.9 Å². The molecular weight excluding hydrogens is 284 g/mol. The molecule has 0 aliphatic rings. The number of primary amides is 1. The van der Waals surface area contributed by atoms with E-state index in [1.165, 1.54) is 0 Å². The molecule has 4 N–H and O–H groups in total. The molecule has 0 aliphatic carbocycles. The van der Waals surface area contributed by atoms with E-state index in [9.17, 15) is 4.79 Å². The minimum absolute atomic E-state index is 0.422. The number of anilines is 1. The fourth-order valence-corrected chi connectivity index (χ4v) is 2.49. The molecule has 90 valence electrons. The van der Waals surface area contributed by atoms with E-state index < -0.39 is 5.91 Å². The Bertz CT molecular complexity index is 591. The first-order chi connectivity index (χ1) is 8.04. The Hall–Kier alpha value is -1.56. The Morgan fingerprint density at radius 3 is 2.82 bits per heavy atom. The van der Waals surface area contributed by atoms with Crippen LogP contribution in [0.2, 0.25) is 0 Å². The van der Waals surface area contributed by atoms with Gasteiger partial charge in [-0.3, -0.25) is 4.79 Å². The first kappa shape index (κ1) is 11.9. The molecule has 1 heterocycles. The van der Waals surface area contributed by atoms with Crippen molar-refractivity contribution < 1.29 is 4.79 Å². The van der Waals surface area contributed by atoms with Crippen molar-refractivity contribution in [1.29, 1.82) is 0 Å². The van der Waals surface area contributed by atoms with E-state index in [1.807, 2.05) is 4.57 Å². The van der Waals surface area contributed by atoms with Gasteiger partial charge in [0.1, 0.15) is 0 Å². The van der Waals surface area contributed by atoms with Crippen molar-refractivity contribution in [1.82, 2.24) is 9.55 Å². The second-order valence-corrected chi connectivity index (χ2v) is 4.67. The molecule has 2 rings (SSSR count). The van der Waals surface area contributed by atoms with Crippen molar-refractivity contribution in [3.05, 3.63) is 22.2 Å². The lowest BCUT2D eigenvalue weighted by atomic mass is 10.2. The van der Waals surface area contributed by atoms with Gasteiger partial charge in [0.25, 0.3) is 0 Å². The Labute approximate surface area is 107 Å². The highest BCUT2D eigenvalue weighted by molar-refractivity contribution is 9.10. The highest BCUT2D eigenvalue weighted by atomic mass is 79.9. The molecule has 0 unspecified atom stereocenters. The summed E-state index contributed by atoms with van der Waals surface area (Å²) in [6, 6.07) is 3.35. The van der Waals surface area contributed by atoms with Gasteiger partial charge in [-0.1, -0.05) is 6.92 Å². The van der Waals surface area contributed by atoms with Crippen LogP contribution in [0.3, 0.4) is 0 Å². The number of carbonyl (C=O) groups excluding carboxylic acids is 1. The lowest BCUT2D eigenvalue weighted by Gasteiger charge is -2.06. The Morgan fingerprint density at radius 2 is 2.24 bits per heavy atom. The van der Waals surface area contributed by atoms with Crippen molar-refractivity contribution in [2.45, 2.75) is 19.9 Å². The van der Waals surface area contributed by atoms with Crippen molar-refractivity contribution in [3.63, 3.8) is 0 Å². The van der Waals surface area contributed by atoms with Gasteiger partial charge >= 0.3 is 0 Å². The predicted molar refractivity (Wildman–Crippen MR) is 70.7 cm³/mol. The van der Waals surface area contributed by atoms with E-state index in [4.69, 9.17) is 11.5 Å². The molecule has 0 fully saturated rings. The van der Waals surface area contributed by atoms with Crippen molar-refractivity contribution in [2.24, 2.45) is 5.73 Å². The monoisotopic (exact) mass is 296 g/mol. The van der Waals surface area contributed by atoms with E-state index in [2.05, 4.69) is 27.8 Å². The quantitative estimate of drug-likeness (QED) is 0.907. The largest absolute Gasteiger partial charge is 0.369 e. The van der Waals surface area contributed by atoms with Crippen LogP contribution in [-0.2, 0) is 6.54 Å². The van der Waals surface area contributed by atoms with Gasteiger partial charge in [0.2, 0.25) is 11.9 Å². The number of benzene rings is 1. The third-order valence-corrected chi connectivity index (χ3v) is 3.16. The summed E-state index contributed by atoms with van der Waals surface area (Å²) in [5, 5.41) is 0. The van der Waals surface area contributed by atoms with Gasteiger partial charge in [0.15, 0.2) is 0 Å². The van der Waals surface area contributed by atoms with Crippen molar-refractivity contribution >= 4 is 38.8 Å². The van der Waals surface area contributed by atoms with Crippen LogP contribution in [0.5, 0.6) is 0 Å². The number of carbonyl (C=O) groups is 1. The molecule has 0 aliphatic heterocycles. The van der Waals surface area contributed by atoms with Crippen LogP contribution in [0, 0.1) is 0 Å². The Morgan fingerprint density at radius 1 is 1.53 bits per heavy atom. The summed E-state index contributed by atoms with van der Waals surface area (Å²) in [7, 11) is 0. The van der Waals surface area contributed by atoms with Gasteiger partial charge in [-0.15, -0.1) is 0 Å². The molecule has 0 saturated heterocycles. The number of nitrogen functional groups attached to an aromatic ring is 1. The average molecular weight is 297 g/mol. The highest BCUT2D eigenvalue weighted by Gasteiger charge is 2.13. The summed E-state index contributed by atoms with van der Waals surface area (Å²) in [6.45, 7) is 2.85. The Balaban J connectivity index is 2.72. The zero-order chi connectivity index (χ0) is 12.6. The maximum absolute atomic E-state index is 11.1. The average Bonchev–Trinajstić information content (AvgIpc) is 2.56. The molecule has 0 radical (unpaired) electrons. The second-order valence-electron chi connectivity index (χ2n) is 3.81. The smallest absolute Gasteiger partial charge is 0.248 e. The maximum atomic E-state index is 11.1. The van der Waals surface area contributed by atoms with Crippen LogP contribution in [-0.4, -0.2) is 15.5 Å². The molecule has 5 nitrogen and oxygen atoms in total. The predicted octanol–water partition coefficient (Wildman–Crippen LogP) is 1.89. The molecule has 0 bridgehead atoms. The van der Waals surface area contributed by atoms with Gasteiger partial charge < -0.3 is 16.0 Å². The van der Waals surface area contributed by atoms with Crippen LogP contribution < -0.4 is 11.5 Å². The highest BCUT2D eigenvalue weighted by Crippen LogP contribution is 2.28. The van der Waals surface area contributed by atoms with Crippen molar-refractivity contribution in [2.75, 3.05) is 5.73 Å². The summed E-state index contributed by atoms with van der Waals surface area (Å²) in [5.74, 6) is -0.0274. The maximum Gasteiger partial charge on any atom is 0.248 e. The van der Waals surface area contributed by atoms with E-state index in [-0.39, 0.29) is 0 Å². The number of hydrogen-bond donors (Lipinski definition) is 2. The number of aromatic nitrogens is 2. The van der Waals surface area contributed by atoms with Crippen LogP contribution in [0.1, 0.15) is 23.7 Å². The lowest BCUT2D eigenvalue weighted by molar-refractivity contribution is 0.100. The number of nitrogens with two attached hydrogens (primary N) is 2. The zero-order valence-electron chi connectivity index (χ0n) is 9.40. The SMILES string of the molecule is CCCn1c(N)nc2cc(C(N)=O)cc(Br)c21. The van der Waals surface area contributed by atoms with Gasteiger partial charge in [0.05, 0.1) is 11.0 Å². The molecule has 17 heavy (non-hydrogen) atoms. The summed E-state index contributed by atoms with van der Waals surface area (Å²) >= 11 is 3.43. The van der Waals surface area contributed by atoms with Crippen LogP contribution >= 0.6 is 15.9 Å². The van der Waals surface area contributed by atoms with Gasteiger partial charge in [-0.2, -0.15) is 0 Å². The molecule has 0 spiro atoms. The molecule has 0 saturated carbocycles. The van der Waals surface area contributed by atoms with E-state index >= 15 is 0 Å². The third kappa shape index (κ3) is 2.00. The number of halogens is 1. The number of hydrogen-bond acceptors (Lipinski definition) is 3. The Kier molecular flexibility index (Phi) is 3.06. The van der Waals surface area contributed by atoms with Gasteiger partial charge in [-0.25, -0.2) is 4.98 Å². The third-order valence-electron chi connectivity index (χ3n) is 2.56. The molecule has 6 heteroatoms. The fraction of sp³-hybridized carbons (Fsp3) is 0.273. The molecule has 1 aromatic carbocycles. The van der Waals surface area contributed by atoms with E-state index in [1.54, 1.807) is 12.1 Å². The molecular formula is C11H13BrN4O. The minimum atomic E-state index is -0.476. The first-order valence-corrected chi connectivity index (χ1v) is 6.09.